The van der Waals surface area contributed by atoms with E-state index in [0.29, 0.717) is 12.3 Å². The van der Waals surface area contributed by atoms with Crippen LogP contribution < -0.4 is 15.0 Å². The van der Waals surface area contributed by atoms with E-state index in [-0.39, 0.29) is 24.4 Å². The number of amides is 1. The largest absolute Gasteiger partial charge is 0.497 e. The molecule has 1 heterocycles. The van der Waals surface area contributed by atoms with Gasteiger partial charge in [-0.25, -0.2) is 0 Å². The average molecular weight is 361 g/mol. The predicted octanol–water partition coefficient (Wildman–Crippen LogP) is 3.82. The minimum Gasteiger partial charge on any atom is -0.497 e. The summed E-state index contributed by atoms with van der Waals surface area (Å²) in [7, 11) is 1.68. The second-order valence-corrected chi connectivity index (χ2v) is 6.32. The molecule has 0 aromatic heterocycles. The second-order valence-electron chi connectivity index (χ2n) is 6.32. The zero-order valence-electron chi connectivity index (χ0n) is 14.6. The zero-order valence-corrected chi connectivity index (χ0v) is 15.5. The smallest absolute Gasteiger partial charge is 0.227 e. The highest BCUT2D eigenvalue weighted by atomic mass is 35.5. The molecule has 0 spiro atoms. The van der Waals surface area contributed by atoms with Gasteiger partial charge in [0.1, 0.15) is 5.75 Å². The first-order chi connectivity index (χ1) is 11.7. The number of nitrogens with zero attached hydrogens (tertiary/aromatic N) is 1. The van der Waals surface area contributed by atoms with E-state index in [2.05, 4.69) is 18.3 Å². The van der Waals surface area contributed by atoms with Crippen molar-refractivity contribution in [2.24, 2.45) is 5.92 Å². The topological polar surface area (TPSA) is 41.6 Å². The van der Waals surface area contributed by atoms with E-state index < -0.39 is 0 Å². The molecule has 2 aromatic carbocycles. The van der Waals surface area contributed by atoms with Gasteiger partial charge in [-0.2, -0.15) is 0 Å². The Hall–Kier alpha value is -2.04. The summed E-state index contributed by atoms with van der Waals surface area (Å²) >= 11 is 0. The number of methoxy groups -OCH3 is 1. The molecular weight excluding hydrogens is 336 g/mol. The van der Waals surface area contributed by atoms with Gasteiger partial charge in [0.15, 0.2) is 0 Å². The van der Waals surface area contributed by atoms with Gasteiger partial charge in [0.2, 0.25) is 5.91 Å². The highest BCUT2D eigenvalue weighted by Crippen LogP contribution is 2.25. The number of carbonyl (C=O) groups is 1. The van der Waals surface area contributed by atoms with Gasteiger partial charge in [0, 0.05) is 31.2 Å². The summed E-state index contributed by atoms with van der Waals surface area (Å²) in [4.78, 5) is 14.2. The molecule has 2 aromatic rings. The molecule has 0 saturated carbocycles. The number of anilines is 1. The van der Waals surface area contributed by atoms with Crippen LogP contribution in [0, 0.1) is 5.92 Å². The van der Waals surface area contributed by atoms with Crippen LogP contribution in [0.15, 0.2) is 54.6 Å². The Kier molecular flexibility index (Phi) is 6.85. The molecule has 1 fully saturated rings. The molecule has 1 saturated heterocycles. The number of ether oxygens (including phenoxy) is 1. The molecule has 0 aliphatic carbocycles. The van der Waals surface area contributed by atoms with Crippen LogP contribution in [-0.4, -0.2) is 26.1 Å². The lowest BCUT2D eigenvalue weighted by atomic mass is 10.1. The van der Waals surface area contributed by atoms with Crippen molar-refractivity contribution >= 4 is 24.0 Å². The molecule has 25 heavy (non-hydrogen) atoms. The van der Waals surface area contributed by atoms with Crippen LogP contribution in [0.4, 0.5) is 5.69 Å². The van der Waals surface area contributed by atoms with Gasteiger partial charge in [-0.05, 0) is 42.7 Å². The van der Waals surface area contributed by atoms with Crippen LogP contribution in [0.3, 0.4) is 0 Å². The molecule has 1 aliphatic heterocycles. The zero-order chi connectivity index (χ0) is 16.9. The Bertz CT molecular complexity index is 693. The fourth-order valence-electron chi connectivity index (χ4n) is 3.15. The number of nitrogens with one attached hydrogen (secondary N) is 1. The molecule has 1 N–H and O–H groups in total. The summed E-state index contributed by atoms with van der Waals surface area (Å²) in [6.07, 6.45) is 0.604. The molecule has 1 amide bonds. The number of para-hydroxylation sites is 1. The normalized spacial score (nSPS) is 17.9. The molecule has 1 unspecified atom stereocenters. The summed E-state index contributed by atoms with van der Waals surface area (Å²) in [6, 6.07) is 18.2. The van der Waals surface area contributed by atoms with Crippen molar-refractivity contribution in [2.75, 3.05) is 25.1 Å². The second kappa shape index (κ2) is 8.88. The van der Waals surface area contributed by atoms with E-state index in [1.807, 2.05) is 53.4 Å². The van der Waals surface area contributed by atoms with E-state index in [4.69, 9.17) is 4.74 Å². The third-order valence-corrected chi connectivity index (χ3v) is 4.58. The summed E-state index contributed by atoms with van der Waals surface area (Å²) in [5.74, 6) is 1.42. The fourth-order valence-corrected chi connectivity index (χ4v) is 3.15. The third kappa shape index (κ3) is 4.74. The molecule has 3 rings (SSSR count). The van der Waals surface area contributed by atoms with Crippen molar-refractivity contribution in [3.05, 3.63) is 60.2 Å². The number of rotatable bonds is 6. The van der Waals surface area contributed by atoms with Gasteiger partial charge in [-0.15, -0.1) is 12.4 Å². The Morgan fingerprint density at radius 1 is 1.20 bits per heavy atom. The summed E-state index contributed by atoms with van der Waals surface area (Å²) in [5.41, 5.74) is 2.18. The summed E-state index contributed by atoms with van der Waals surface area (Å²) < 4.78 is 5.28. The van der Waals surface area contributed by atoms with Crippen molar-refractivity contribution in [3.63, 3.8) is 0 Å². The summed E-state index contributed by atoms with van der Waals surface area (Å²) in [5, 5.41) is 3.55. The molecule has 0 radical (unpaired) electrons. The van der Waals surface area contributed by atoms with Crippen LogP contribution in [0.5, 0.6) is 5.75 Å². The number of hydrogen-bond acceptors (Lipinski definition) is 3. The average Bonchev–Trinajstić information content (AvgIpc) is 3.01. The molecule has 2 atom stereocenters. The van der Waals surface area contributed by atoms with Crippen molar-refractivity contribution < 1.29 is 9.53 Å². The van der Waals surface area contributed by atoms with Crippen molar-refractivity contribution in [1.29, 1.82) is 0 Å². The number of hydrogen-bond donors (Lipinski definition) is 1. The van der Waals surface area contributed by atoms with Gasteiger partial charge in [0.25, 0.3) is 0 Å². The number of carbonyl (C=O) groups excluding carboxylic acids is 1. The molecule has 4 nitrogen and oxygen atoms in total. The first kappa shape index (κ1) is 19.3. The number of halogens is 1. The van der Waals surface area contributed by atoms with Crippen molar-refractivity contribution in [3.8, 4) is 5.75 Å². The molecule has 0 bridgehead atoms. The lowest BCUT2D eigenvalue weighted by Gasteiger charge is -2.19. The molecule has 1 aliphatic rings. The lowest BCUT2D eigenvalue weighted by molar-refractivity contribution is -0.117. The maximum absolute atomic E-state index is 12.3. The summed E-state index contributed by atoms with van der Waals surface area (Å²) in [6.45, 7) is 3.74. The molecule has 5 heteroatoms. The third-order valence-electron chi connectivity index (χ3n) is 4.58. The Balaban J connectivity index is 0.00000225. The monoisotopic (exact) mass is 360 g/mol. The minimum absolute atomic E-state index is 0. The van der Waals surface area contributed by atoms with Crippen LogP contribution in [0.1, 0.15) is 24.9 Å². The highest BCUT2D eigenvalue weighted by Gasteiger charge is 2.30. The van der Waals surface area contributed by atoms with Gasteiger partial charge < -0.3 is 15.0 Å². The predicted molar refractivity (Wildman–Crippen MR) is 104 cm³/mol. The maximum Gasteiger partial charge on any atom is 0.227 e. The number of benzene rings is 2. The van der Waals surface area contributed by atoms with Crippen LogP contribution in [0.2, 0.25) is 0 Å². The van der Waals surface area contributed by atoms with Crippen LogP contribution in [0.25, 0.3) is 0 Å². The SMILES string of the molecule is COc1cccc([C@@H](C)NCC2CC(=O)N(c3ccccc3)C2)c1.Cl. The van der Waals surface area contributed by atoms with E-state index in [1.165, 1.54) is 5.56 Å². The van der Waals surface area contributed by atoms with Crippen LogP contribution >= 0.6 is 12.4 Å². The molecule has 134 valence electrons. The van der Waals surface area contributed by atoms with E-state index in [9.17, 15) is 4.79 Å². The Labute approximate surface area is 155 Å². The van der Waals surface area contributed by atoms with Crippen molar-refractivity contribution in [2.45, 2.75) is 19.4 Å². The van der Waals surface area contributed by atoms with Gasteiger partial charge in [-0.1, -0.05) is 30.3 Å². The maximum atomic E-state index is 12.3. The van der Waals surface area contributed by atoms with E-state index in [0.717, 1.165) is 24.5 Å². The van der Waals surface area contributed by atoms with Crippen molar-refractivity contribution in [1.82, 2.24) is 5.32 Å². The van der Waals surface area contributed by atoms with Gasteiger partial charge in [0.05, 0.1) is 7.11 Å². The first-order valence-electron chi connectivity index (χ1n) is 8.40. The van der Waals surface area contributed by atoms with Crippen LogP contribution in [-0.2, 0) is 4.79 Å². The lowest BCUT2D eigenvalue weighted by Crippen LogP contribution is -2.28. The quantitative estimate of drug-likeness (QED) is 0.851. The Morgan fingerprint density at radius 2 is 1.96 bits per heavy atom. The fraction of sp³-hybridized carbons (Fsp3) is 0.350. The van der Waals surface area contributed by atoms with Gasteiger partial charge in [-0.3, -0.25) is 4.79 Å². The Morgan fingerprint density at radius 3 is 2.68 bits per heavy atom. The molecular formula is C20H25ClN2O2. The first-order valence-corrected chi connectivity index (χ1v) is 8.40. The van der Waals surface area contributed by atoms with Gasteiger partial charge >= 0.3 is 0 Å². The minimum atomic E-state index is 0. The van der Waals surface area contributed by atoms with E-state index >= 15 is 0 Å². The standard InChI is InChI=1S/C20H24N2O2.ClH/c1-15(17-7-6-10-19(12-17)24-2)21-13-16-11-20(23)22(14-16)18-8-4-3-5-9-18;/h3-10,12,15-16,21H,11,13-14H2,1-2H3;1H/t15-,16?;/m1./s1. The highest BCUT2D eigenvalue weighted by molar-refractivity contribution is 5.95. The van der Waals surface area contributed by atoms with E-state index in [1.54, 1.807) is 7.11 Å².